The second-order valence-electron chi connectivity index (χ2n) is 13.8. The molecule has 6 N–H and O–H groups in total. The van der Waals surface area contributed by atoms with Gasteiger partial charge in [0.1, 0.15) is 18.3 Å². The summed E-state index contributed by atoms with van der Waals surface area (Å²) in [6, 6.07) is 15.9. The Kier molecular flexibility index (Phi) is 13.5. The lowest BCUT2D eigenvalue weighted by Crippen LogP contribution is -2.36. The normalized spacial score (nSPS) is 20.4. The van der Waals surface area contributed by atoms with Crippen LogP contribution in [-0.2, 0) is 9.47 Å². The maximum atomic E-state index is 11.3. The smallest absolute Gasteiger partial charge is 0.204 e. The number of aliphatic hydroxyl groups excluding tert-OH is 4. The van der Waals surface area contributed by atoms with E-state index in [1.165, 1.54) is 66.9 Å². The Morgan fingerprint density at radius 3 is 1.90 bits per heavy atom. The average molecular weight is 811 g/mol. The first-order valence-corrected chi connectivity index (χ1v) is 18.4. The van der Waals surface area contributed by atoms with E-state index in [4.69, 9.17) is 47.4 Å². The summed E-state index contributed by atoms with van der Waals surface area (Å²) >= 11 is 0. The van der Waals surface area contributed by atoms with Gasteiger partial charge in [0.05, 0.1) is 87.2 Å². The first-order chi connectivity index (χ1) is 28.0. The lowest BCUT2D eigenvalue weighted by atomic mass is 9.86. The molecule has 58 heavy (non-hydrogen) atoms. The van der Waals surface area contributed by atoms with Crippen molar-refractivity contribution < 1.29 is 78.0 Å². The molecule has 16 nitrogen and oxygen atoms in total. The van der Waals surface area contributed by atoms with Crippen molar-refractivity contribution in [3.63, 3.8) is 0 Å². The Morgan fingerprint density at radius 2 is 1.31 bits per heavy atom. The SMILES string of the molecule is COc1cc([C@H](O)[C@H](CO)CO[C@@H]2c3cc(OC)c(c(OC)c3)O[C@@H]3[C@H]2CO[C@H]3c2cc(OC)c(O[C@@H](CO)[C@@H](O)c3cccc(O)c3OC)c(OC)c2)ccc1O. The Balaban J connectivity index is 1.32. The number of aliphatic hydroxyl groups is 4. The number of para-hydroxylation sites is 1. The van der Waals surface area contributed by atoms with Crippen LogP contribution in [0.25, 0.3) is 0 Å². The lowest BCUT2D eigenvalue weighted by Gasteiger charge is -2.35. The predicted molar refractivity (Wildman–Crippen MR) is 206 cm³/mol. The van der Waals surface area contributed by atoms with Gasteiger partial charge in [-0.1, -0.05) is 18.2 Å². The molecule has 7 rings (SSSR count). The maximum absolute atomic E-state index is 11.3. The van der Waals surface area contributed by atoms with Crippen LogP contribution in [0.2, 0.25) is 0 Å². The third-order valence-corrected chi connectivity index (χ3v) is 10.5. The fraction of sp³-hybridized carbons (Fsp3) is 0.429. The van der Waals surface area contributed by atoms with Crippen LogP contribution in [0.15, 0.2) is 60.7 Å². The minimum atomic E-state index is -1.44. The highest BCUT2D eigenvalue weighted by molar-refractivity contribution is 5.57. The highest BCUT2D eigenvalue weighted by Gasteiger charge is 2.48. The number of ether oxygens (including phenoxy) is 10. The molecular weight excluding hydrogens is 760 g/mol. The quantitative estimate of drug-likeness (QED) is 0.0832. The number of methoxy groups -OCH3 is 6. The topological polar surface area (TPSA) is 214 Å². The van der Waals surface area contributed by atoms with E-state index in [-0.39, 0.29) is 59.0 Å². The Morgan fingerprint density at radius 1 is 0.672 bits per heavy atom. The van der Waals surface area contributed by atoms with Gasteiger partial charge in [0.2, 0.25) is 11.5 Å². The van der Waals surface area contributed by atoms with Crippen LogP contribution in [0.4, 0.5) is 0 Å². The van der Waals surface area contributed by atoms with Gasteiger partial charge < -0.3 is 78.0 Å². The van der Waals surface area contributed by atoms with Crippen LogP contribution in [0.1, 0.15) is 46.7 Å². The summed E-state index contributed by atoms with van der Waals surface area (Å²) in [5.74, 6) is 0.295. The molecule has 3 aliphatic rings. The van der Waals surface area contributed by atoms with E-state index >= 15 is 0 Å². The van der Waals surface area contributed by atoms with Crippen molar-refractivity contribution in [2.24, 2.45) is 11.8 Å². The molecule has 0 radical (unpaired) electrons. The first kappa shape index (κ1) is 42.3. The van der Waals surface area contributed by atoms with Crippen LogP contribution >= 0.6 is 0 Å². The number of benzene rings is 4. The molecule has 314 valence electrons. The molecule has 3 aliphatic heterocycles. The van der Waals surface area contributed by atoms with Crippen molar-refractivity contribution in [2.75, 3.05) is 69.1 Å². The number of phenols is 2. The molecule has 1 saturated heterocycles. The van der Waals surface area contributed by atoms with Crippen LogP contribution in [0.5, 0.6) is 57.5 Å². The standard InChI is InChI=1S/C42H50O16/c1-49-29-12-21(10-11-27(29)45)35(47)24(17-43)19-55-37-22-13-32(52-4)42(33(14-22)53-5)58-40-26(37)20-56-38(40)23-15-30(50-2)41(31(16-23)51-3)57-34(18-44)36(48)25-8-7-9-28(46)39(25)54-6/h7-16,24,26,34-38,40,43-48H,17-20H2,1-6H3/t24-,26+,34+,35+,36+,37-,38+,40-/m1/s1. The molecule has 8 atom stereocenters. The molecule has 0 amide bonds. The van der Waals surface area contributed by atoms with Gasteiger partial charge in [-0.2, -0.15) is 0 Å². The van der Waals surface area contributed by atoms with Gasteiger partial charge in [0.15, 0.2) is 52.1 Å². The summed E-state index contributed by atoms with van der Waals surface area (Å²) in [5, 5.41) is 63.8. The monoisotopic (exact) mass is 810 g/mol. The third-order valence-electron chi connectivity index (χ3n) is 10.5. The number of hydrogen-bond donors (Lipinski definition) is 6. The number of phenolic OH excluding ortho intramolecular Hbond substituents is 2. The highest BCUT2D eigenvalue weighted by atomic mass is 16.6. The second-order valence-corrected chi connectivity index (χ2v) is 13.8. The lowest BCUT2D eigenvalue weighted by molar-refractivity contribution is -0.0661. The number of aromatic hydroxyl groups is 2. The fourth-order valence-electron chi connectivity index (χ4n) is 7.46. The molecule has 0 spiro atoms. The molecule has 0 aliphatic carbocycles. The van der Waals surface area contributed by atoms with Crippen LogP contribution < -0.4 is 37.9 Å². The van der Waals surface area contributed by atoms with Crippen LogP contribution in [-0.4, -0.2) is 112 Å². The zero-order valence-corrected chi connectivity index (χ0v) is 33.0. The Hall–Kier alpha value is -5.36. The average Bonchev–Trinajstić information content (AvgIpc) is 3.64. The highest BCUT2D eigenvalue weighted by Crippen LogP contribution is 2.53. The van der Waals surface area contributed by atoms with Gasteiger partial charge in [0.25, 0.3) is 0 Å². The van der Waals surface area contributed by atoms with Gasteiger partial charge in [-0.25, -0.2) is 0 Å². The second kappa shape index (κ2) is 18.5. The van der Waals surface area contributed by atoms with E-state index in [1.807, 2.05) is 0 Å². The first-order valence-electron chi connectivity index (χ1n) is 18.4. The Bertz CT molecular complexity index is 1970. The van der Waals surface area contributed by atoms with E-state index < -0.39 is 61.7 Å². The summed E-state index contributed by atoms with van der Waals surface area (Å²) in [6.07, 6.45) is -6.05. The summed E-state index contributed by atoms with van der Waals surface area (Å²) in [6.45, 7) is -0.974. The molecule has 4 aromatic carbocycles. The molecule has 0 aromatic heterocycles. The summed E-state index contributed by atoms with van der Waals surface area (Å²) in [5.41, 5.74) is 1.87. The summed E-state index contributed by atoms with van der Waals surface area (Å²) in [7, 11) is 8.63. The largest absolute Gasteiger partial charge is 0.504 e. The van der Waals surface area contributed by atoms with Crippen molar-refractivity contribution in [1.29, 1.82) is 0 Å². The molecular formula is C42H50O16. The molecule has 4 aromatic rings. The van der Waals surface area contributed by atoms with Crippen molar-refractivity contribution in [3.05, 3.63) is 82.9 Å². The van der Waals surface area contributed by atoms with Gasteiger partial charge >= 0.3 is 0 Å². The van der Waals surface area contributed by atoms with Crippen molar-refractivity contribution >= 4 is 0 Å². The molecule has 0 unspecified atom stereocenters. The van der Waals surface area contributed by atoms with E-state index in [2.05, 4.69) is 0 Å². The zero-order valence-electron chi connectivity index (χ0n) is 33.0. The minimum absolute atomic E-state index is 0.0319. The third kappa shape index (κ3) is 8.16. The number of hydrogen-bond acceptors (Lipinski definition) is 16. The summed E-state index contributed by atoms with van der Waals surface area (Å²) in [4.78, 5) is 0. The molecule has 16 heteroatoms. The van der Waals surface area contributed by atoms with Crippen molar-refractivity contribution in [1.82, 2.24) is 0 Å². The Labute approximate surface area is 335 Å². The van der Waals surface area contributed by atoms with Gasteiger partial charge in [0, 0.05) is 11.5 Å². The van der Waals surface area contributed by atoms with Gasteiger partial charge in [-0.05, 0) is 59.2 Å². The predicted octanol–water partition coefficient (Wildman–Crippen LogP) is 4.17. The number of rotatable bonds is 18. The number of fused-ring (bicyclic) bond motifs is 2. The maximum Gasteiger partial charge on any atom is 0.204 e. The molecule has 2 bridgehead atoms. The molecule has 0 saturated carbocycles. The molecule has 3 heterocycles. The van der Waals surface area contributed by atoms with E-state index in [9.17, 15) is 30.6 Å². The van der Waals surface area contributed by atoms with E-state index in [1.54, 1.807) is 36.4 Å². The summed E-state index contributed by atoms with van der Waals surface area (Å²) < 4.78 is 59.5. The zero-order chi connectivity index (χ0) is 41.7. The van der Waals surface area contributed by atoms with E-state index in [0.717, 1.165) is 0 Å². The van der Waals surface area contributed by atoms with Crippen molar-refractivity contribution in [2.45, 2.75) is 36.6 Å². The van der Waals surface area contributed by atoms with Gasteiger partial charge in [-0.15, -0.1) is 0 Å². The van der Waals surface area contributed by atoms with Crippen LogP contribution in [0, 0.1) is 11.8 Å². The molecule has 1 fully saturated rings. The fourth-order valence-corrected chi connectivity index (χ4v) is 7.46. The van der Waals surface area contributed by atoms with Crippen molar-refractivity contribution in [3.8, 4) is 57.5 Å². The van der Waals surface area contributed by atoms with E-state index in [0.29, 0.717) is 33.9 Å². The minimum Gasteiger partial charge on any atom is -0.504 e. The van der Waals surface area contributed by atoms with Crippen LogP contribution in [0.3, 0.4) is 0 Å². The van der Waals surface area contributed by atoms with Gasteiger partial charge in [-0.3, -0.25) is 0 Å².